The van der Waals surface area contributed by atoms with E-state index in [0.717, 1.165) is 11.1 Å². The van der Waals surface area contributed by atoms with Crippen molar-refractivity contribution in [2.24, 2.45) is 39.8 Å². The molecule has 0 bridgehead atoms. The van der Waals surface area contributed by atoms with Crippen LogP contribution in [0.3, 0.4) is 0 Å². The van der Waals surface area contributed by atoms with Crippen LogP contribution in [0.1, 0.15) is 64.5 Å². The Balaban J connectivity index is 2.24. The number of nitrogens with one attached hydrogen (secondary N) is 4. The molecule has 15 nitrogen and oxygen atoms in total. The van der Waals surface area contributed by atoms with Crippen molar-refractivity contribution in [2.75, 3.05) is 6.54 Å². The molecule has 0 unspecified atom stereocenters. The first-order valence-electron chi connectivity index (χ1n) is 17.2. The van der Waals surface area contributed by atoms with E-state index < -0.39 is 59.7 Å². The number of amides is 5. The number of carbonyl (C=O) groups excluding carboxylic acids is 5. The van der Waals surface area contributed by atoms with Crippen molar-refractivity contribution in [2.45, 2.75) is 96.4 Å². The van der Waals surface area contributed by atoms with Gasteiger partial charge in [0.15, 0.2) is 5.96 Å². The Hall–Kier alpha value is -5.18. The third-order valence-electron chi connectivity index (χ3n) is 7.93. The van der Waals surface area contributed by atoms with Crippen LogP contribution in [0.2, 0.25) is 0 Å². The molecule has 0 saturated carbocycles. The summed E-state index contributed by atoms with van der Waals surface area (Å²) < 4.78 is 0. The van der Waals surface area contributed by atoms with Crippen LogP contribution < -0.4 is 44.2 Å². The van der Waals surface area contributed by atoms with Gasteiger partial charge in [0.2, 0.25) is 29.5 Å². The van der Waals surface area contributed by atoms with Crippen LogP contribution in [0, 0.1) is 11.8 Å². The minimum Gasteiger partial charge on any atom is -0.508 e. The monoisotopic (exact) mass is 709 g/mol. The number of aromatic hydroxyl groups is 1. The zero-order valence-electron chi connectivity index (χ0n) is 29.9. The first-order chi connectivity index (χ1) is 24.0. The van der Waals surface area contributed by atoms with Crippen LogP contribution in [0.4, 0.5) is 0 Å². The lowest BCUT2D eigenvalue weighted by atomic mass is 9.98. The summed E-state index contributed by atoms with van der Waals surface area (Å²) in [6.07, 6.45) is 1.31. The largest absolute Gasteiger partial charge is 0.508 e. The number of hydrogen-bond donors (Lipinski definition) is 9. The zero-order valence-corrected chi connectivity index (χ0v) is 29.9. The van der Waals surface area contributed by atoms with Gasteiger partial charge in [-0.3, -0.25) is 29.0 Å². The van der Waals surface area contributed by atoms with E-state index in [4.69, 9.17) is 22.9 Å². The summed E-state index contributed by atoms with van der Waals surface area (Å²) in [7, 11) is 0. The minimum atomic E-state index is -1.08. The van der Waals surface area contributed by atoms with E-state index in [1.54, 1.807) is 12.1 Å². The lowest BCUT2D eigenvalue weighted by Gasteiger charge is -2.28. The second kappa shape index (κ2) is 21.1. The van der Waals surface area contributed by atoms with Crippen molar-refractivity contribution in [3.8, 4) is 5.75 Å². The van der Waals surface area contributed by atoms with E-state index in [2.05, 4.69) is 26.3 Å². The van der Waals surface area contributed by atoms with Gasteiger partial charge in [-0.2, -0.15) is 0 Å². The van der Waals surface area contributed by atoms with E-state index in [1.165, 1.54) is 12.1 Å². The van der Waals surface area contributed by atoms with Crippen LogP contribution in [-0.2, 0) is 36.8 Å². The Morgan fingerprint density at radius 2 is 1.12 bits per heavy atom. The molecule has 0 saturated heterocycles. The van der Waals surface area contributed by atoms with Crippen molar-refractivity contribution in [1.29, 1.82) is 0 Å². The number of phenols is 1. The highest BCUT2D eigenvalue weighted by molar-refractivity contribution is 5.96. The predicted molar refractivity (Wildman–Crippen MR) is 196 cm³/mol. The van der Waals surface area contributed by atoms with Crippen molar-refractivity contribution >= 4 is 35.5 Å². The molecule has 0 fully saturated rings. The number of guanidine groups is 1. The van der Waals surface area contributed by atoms with Crippen LogP contribution in [-0.4, -0.2) is 77.4 Å². The van der Waals surface area contributed by atoms with Crippen LogP contribution in [0.5, 0.6) is 5.75 Å². The summed E-state index contributed by atoms with van der Waals surface area (Å²) in [4.78, 5) is 70.3. The molecule has 0 aliphatic rings. The standard InChI is InChI=1S/C36H55N9O6/c1-21(2)17-28(33(49)42-27(31(38)47)11-8-16-41-36(39)40)44-34(50)29(18-22(3)4)45-35(51)30(20-23-9-6-5-7-10-23)43-32(48)26(37)19-24-12-14-25(46)15-13-24/h5-7,9-10,12-15,21-22,26-30,46H,8,11,16-20,37H2,1-4H3,(H2,38,47)(H,42,49)(H,43,48)(H,44,50)(H,45,51)(H4,39,40,41)/t26-,27-,28-,29-,30-/m0/s1. The molecule has 2 aromatic carbocycles. The number of phenolic OH excluding ortho intramolecular Hbond substituents is 1. The number of nitrogens with zero attached hydrogens (tertiary/aromatic N) is 1. The van der Waals surface area contributed by atoms with Crippen molar-refractivity contribution in [1.82, 2.24) is 21.3 Å². The van der Waals surface area contributed by atoms with Gasteiger partial charge in [0.1, 0.15) is 29.9 Å². The first kappa shape index (κ1) is 42.0. The first-order valence-corrected chi connectivity index (χ1v) is 17.2. The topological polar surface area (TPSA) is 270 Å². The van der Waals surface area contributed by atoms with Crippen molar-refractivity contribution < 1.29 is 29.1 Å². The fraction of sp³-hybridized carbons (Fsp3) is 0.500. The van der Waals surface area contributed by atoms with Gasteiger partial charge in [0.05, 0.1) is 6.04 Å². The molecule has 0 aromatic heterocycles. The van der Waals surface area contributed by atoms with Gasteiger partial charge in [-0.05, 0) is 67.2 Å². The molecule has 5 amide bonds. The molecular formula is C36H55N9O6. The summed E-state index contributed by atoms with van der Waals surface area (Å²) in [5.74, 6) is -3.21. The average molecular weight is 710 g/mol. The molecule has 15 heteroatoms. The summed E-state index contributed by atoms with van der Waals surface area (Å²) in [6, 6.07) is 10.2. The van der Waals surface area contributed by atoms with Gasteiger partial charge >= 0.3 is 0 Å². The molecule has 280 valence electrons. The van der Waals surface area contributed by atoms with Crippen LogP contribution in [0.15, 0.2) is 59.6 Å². The Labute approximate surface area is 299 Å². The van der Waals surface area contributed by atoms with Gasteiger partial charge in [-0.1, -0.05) is 70.2 Å². The average Bonchev–Trinajstić information content (AvgIpc) is 3.05. The third kappa shape index (κ3) is 15.9. The highest BCUT2D eigenvalue weighted by Crippen LogP contribution is 2.13. The Morgan fingerprint density at radius 3 is 1.61 bits per heavy atom. The summed E-state index contributed by atoms with van der Waals surface area (Å²) in [5.41, 5.74) is 24.0. The molecule has 0 aliphatic heterocycles. The Kier molecular flexibility index (Phi) is 17.4. The predicted octanol–water partition coefficient (Wildman–Crippen LogP) is 0.0750. The van der Waals surface area contributed by atoms with Gasteiger partial charge in [-0.15, -0.1) is 0 Å². The maximum atomic E-state index is 13.9. The highest BCUT2D eigenvalue weighted by Gasteiger charge is 2.32. The molecule has 0 heterocycles. The molecule has 0 spiro atoms. The normalized spacial score (nSPS) is 14.0. The lowest BCUT2D eigenvalue weighted by molar-refractivity contribution is -0.135. The summed E-state index contributed by atoms with van der Waals surface area (Å²) in [6.45, 7) is 7.76. The second-order valence-corrected chi connectivity index (χ2v) is 13.5. The van der Waals surface area contributed by atoms with E-state index in [0.29, 0.717) is 6.42 Å². The minimum absolute atomic E-state index is 0.0238. The maximum Gasteiger partial charge on any atom is 0.243 e. The molecule has 51 heavy (non-hydrogen) atoms. The number of nitrogens with two attached hydrogens (primary N) is 4. The number of aliphatic imine (C=N–C) groups is 1. The van der Waals surface area contributed by atoms with E-state index in [-0.39, 0.29) is 62.2 Å². The molecule has 5 atom stereocenters. The van der Waals surface area contributed by atoms with E-state index in [1.807, 2.05) is 58.0 Å². The van der Waals surface area contributed by atoms with Crippen molar-refractivity contribution in [3.05, 3.63) is 65.7 Å². The SMILES string of the molecule is CC(C)C[C@H](NC(=O)[C@H](CC(C)C)NC(=O)[C@H](Cc1ccccc1)NC(=O)[C@@H](N)Cc1ccc(O)cc1)C(=O)N[C@@H](CCCN=C(N)N)C(N)=O. The molecular weight excluding hydrogens is 654 g/mol. The van der Waals surface area contributed by atoms with Crippen LogP contribution >= 0.6 is 0 Å². The lowest BCUT2D eigenvalue weighted by Crippen LogP contribution is -2.59. The zero-order chi connectivity index (χ0) is 38.1. The summed E-state index contributed by atoms with van der Waals surface area (Å²) >= 11 is 0. The second-order valence-electron chi connectivity index (χ2n) is 13.5. The Bertz CT molecular complexity index is 1460. The molecule has 2 aromatic rings. The fourth-order valence-corrected chi connectivity index (χ4v) is 5.33. The smallest absolute Gasteiger partial charge is 0.243 e. The number of rotatable bonds is 21. The molecule has 13 N–H and O–H groups in total. The maximum absolute atomic E-state index is 13.9. The van der Waals surface area contributed by atoms with E-state index in [9.17, 15) is 29.1 Å². The number of carbonyl (C=O) groups is 5. The molecule has 0 aliphatic carbocycles. The number of hydrogen-bond acceptors (Lipinski definition) is 8. The number of benzene rings is 2. The fourth-order valence-electron chi connectivity index (χ4n) is 5.33. The van der Waals surface area contributed by atoms with Gasteiger partial charge in [0, 0.05) is 13.0 Å². The highest BCUT2D eigenvalue weighted by atomic mass is 16.3. The third-order valence-corrected chi connectivity index (χ3v) is 7.93. The molecule has 0 radical (unpaired) electrons. The van der Waals surface area contributed by atoms with Gasteiger partial charge in [-0.25, -0.2) is 0 Å². The van der Waals surface area contributed by atoms with Crippen molar-refractivity contribution in [3.63, 3.8) is 0 Å². The van der Waals surface area contributed by atoms with Gasteiger partial charge in [0.25, 0.3) is 0 Å². The molecule has 2 rings (SSSR count). The van der Waals surface area contributed by atoms with E-state index >= 15 is 0 Å². The summed E-state index contributed by atoms with van der Waals surface area (Å²) in [5, 5.41) is 20.5. The van der Waals surface area contributed by atoms with Crippen LogP contribution in [0.25, 0.3) is 0 Å². The Morgan fingerprint density at radius 1 is 0.647 bits per heavy atom. The number of primary amides is 1. The quantitative estimate of drug-likeness (QED) is 0.0482. The van der Waals surface area contributed by atoms with Gasteiger partial charge < -0.3 is 49.3 Å².